The third-order valence-electron chi connectivity index (χ3n) is 2.98. The molecule has 4 nitrogen and oxygen atoms in total. The maximum absolute atomic E-state index is 13.8. The van der Waals surface area contributed by atoms with Gasteiger partial charge >= 0.3 is 0 Å². The monoisotopic (exact) mass is 261 g/mol. The molecule has 1 unspecified atom stereocenters. The first kappa shape index (κ1) is 13.4. The first-order valence-corrected chi connectivity index (χ1v) is 6.08. The number of benzene rings is 1. The molecule has 0 radical (unpaired) electrons. The van der Waals surface area contributed by atoms with Crippen LogP contribution < -0.4 is 10.9 Å². The number of rotatable bonds is 4. The molecular formula is C14H16FN3O. The summed E-state index contributed by atoms with van der Waals surface area (Å²) in [6.45, 7) is 2.10. The molecule has 0 bridgehead atoms. The molecule has 2 aromatic rings. The topological polar surface area (TPSA) is 46.9 Å². The van der Waals surface area contributed by atoms with Crippen LogP contribution in [0.5, 0.6) is 0 Å². The first-order chi connectivity index (χ1) is 9.11. The van der Waals surface area contributed by atoms with Crippen LogP contribution >= 0.6 is 0 Å². The molecule has 2 rings (SSSR count). The summed E-state index contributed by atoms with van der Waals surface area (Å²) >= 11 is 0. The van der Waals surface area contributed by atoms with E-state index in [9.17, 15) is 9.18 Å². The Morgan fingerprint density at radius 2 is 2.05 bits per heavy atom. The second-order valence-electron chi connectivity index (χ2n) is 4.36. The second-order valence-corrected chi connectivity index (χ2v) is 4.36. The summed E-state index contributed by atoms with van der Waals surface area (Å²) in [6.07, 6.45) is 0. The van der Waals surface area contributed by atoms with E-state index in [1.54, 1.807) is 31.3 Å². The van der Waals surface area contributed by atoms with Gasteiger partial charge in [0.15, 0.2) is 0 Å². The van der Waals surface area contributed by atoms with E-state index in [4.69, 9.17) is 0 Å². The zero-order valence-electron chi connectivity index (χ0n) is 10.9. The Labute approximate surface area is 110 Å². The number of hydrogen-bond acceptors (Lipinski definition) is 3. The molecule has 0 aliphatic rings. The average molecular weight is 261 g/mol. The highest BCUT2D eigenvalue weighted by atomic mass is 19.1. The van der Waals surface area contributed by atoms with Crippen molar-refractivity contribution in [3.05, 3.63) is 63.8 Å². The lowest BCUT2D eigenvalue weighted by molar-refractivity contribution is 0.434. The van der Waals surface area contributed by atoms with Gasteiger partial charge in [-0.3, -0.25) is 4.79 Å². The van der Waals surface area contributed by atoms with E-state index in [0.717, 1.165) is 5.69 Å². The minimum Gasteiger partial charge on any atom is -0.311 e. The highest BCUT2D eigenvalue weighted by Gasteiger charge is 2.15. The molecule has 0 saturated carbocycles. The maximum Gasteiger partial charge on any atom is 0.266 e. The predicted molar refractivity (Wildman–Crippen MR) is 71.4 cm³/mol. The van der Waals surface area contributed by atoms with Gasteiger partial charge in [0.1, 0.15) is 5.82 Å². The highest BCUT2D eigenvalue weighted by molar-refractivity contribution is 5.21. The lowest BCUT2D eigenvalue weighted by Crippen LogP contribution is -2.30. The normalized spacial score (nSPS) is 12.4. The van der Waals surface area contributed by atoms with E-state index in [2.05, 4.69) is 10.4 Å². The fourth-order valence-electron chi connectivity index (χ4n) is 1.96. The smallest absolute Gasteiger partial charge is 0.266 e. The summed E-state index contributed by atoms with van der Waals surface area (Å²) in [5, 5.41) is 7.17. The zero-order chi connectivity index (χ0) is 13.8. The third-order valence-corrected chi connectivity index (χ3v) is 2.98. The molecule has 0 amide bonds. The van der Waals surface area contributed by atoms with Gasteiger partial charge in [-0.2, -0.15) is 5.10 Å². The van der Waals surface area contributed by atoms with Crippen LogP contribution in [-0.2, 0) is 6.54 Å². The number of nitrogens with one attached hydrogen (secondary N) is 1. The third kappa shape index (κ3) is 3.06. The number of nitrogens with zero attached hydrogens (tertiary/aromatic N) is 2. The van der Waals surface area contributed by atoms with Crippen molar-refractivity contribution >= 4 is 0 Å². The lowest BCUT2D eigenvalue weighted by atomic mass is 10.1. The Morgan fingerprint density at radius 1 is 1.32 bits per heavy atom. The van der Waals surface area contributed by atoms with Gasteiger partial charge in [-0.1, -0.05) is 18.2 Å². The van der Waals surface area contributed by atoms with Crippen LogP contribution in [0, 0.1) is 12.7 Å². The summed E-state index contributed by atoms with van der Waals surface area (Å²) in [4.78, 5) is 11.7. The van der Waals surface area contributed by atoms with Crippen LogP contribution in [0.15, 0.2) is 41.2 Å². The van der Waals surface area contributed by atoms with Gasteiger partial charge in [0.25, 0.3) is 5.56 Å². The summed E-state index contributed by atoms with van der Waals surface area (Å²) < 4.78 is 15.1. The van der Waals surface area contributed by atoms with Crippen LogP contribution in [0.4, 0.5) is 4.39 Å². The van der Waals surface area contributed by atoms with Crippen molar-refractivity contribution in [3.8, 4) is 0 Å². The van der Waals surface area contributed by atoms with Gasteiger partial charge in [0.2, 0.25) is 0 Å². The van der Waals surface area contributed by atoms with Gasteiger partial charge in [0.05, 0.1) is 18.3 Å². The minimum atomic E-state index is -0.298. The molecular weight excluding hydrogens is 245 g/mol. The number of halogens is 1. The molecule has 0 saturated heterocycles. The minimum absolute atomic E-state index is 0.192. The van der Waals surface area contributed by atoms with Crippen molar-refractivity contribution < 1.29 is 4.39 Å². The van der Waals surface area contributed by atoms with Crippen molar-refractivity contribution in [3.63, 3.8) is 0 Å². The van der Waals surface area contributed by atoms with Crippen molar-refractivity contribution in [1.29, 1.82) is 0 Å². The van der Waals surface area contributed by atoms with Crippen molar-refractivity contribution in [2.75, 3.05) is 7.05 Å². The Hall–Kier alpha value is -2.01. The zero-order valence-corrected chi connectivity index (χ0v) is 10.9. The molecule has 19 heavy (non-hydrogen) atoms. The Bertz CT molecular complexity index is 624. The van der Waals surface area contributed by atoms with Crippen LogP contribution in [0.2, 0.25) is 0 Å². The largest absolute Gasteiger partial charge is 0.311 e. The van der Waals surface area contributed by atoms with Gasteiger partial charge in [-0.05, 0) is 26.1 Å². The molecule has 1 aromatic carbocycles. The Balaban J connectivity index is 2.32. The summed E-state index contributed by atoms with van der Waals surface area (Å²) in [5.74, 6) is -0.289. The Kier molecular flexibility index (Phi) is 4.06. The van der Waals surface area contributed by atoms with Crippen molar-refractivity contribution in [2.24, 2.45) is 0 Å². The first-order valence-electron chi connectivity index (χ1n) is 6.08. The molecule has 1 atom stereocenters. The van der Waals surface area contributed by atoms with E-state index in [0.29, 0.717) is 5.56 Å². The van der Waals surface area contributed by atoms with Crippen LogP contribution in [0.1, 0.15) is 17.3 Å². The quantitative estimate of drug-likeness (QED) is 0.910. The standard InChI is InChI=1S/C14H16FN3O/c1-10-7-8-14(19)18(17-10)9-13(16-2)11-5-3-4-6-12(11)15/h3-8,13,16H,9H2,1-2H3. The summed E-state index contributed by atoms with van der Waals surface area (Å²) in [6, 6.07) is 9.36. The van der Waals surface area contributed by atoms with Crippen molar-refractivity contribution in [2.45, 2.75) is 19.5 Å². The van der Waals surface area contributed by atoms with Gasteiger partial charge in [-0.25, -0.2) is 9.07 Å². The fraction of sp³-hybridized carbons (Fsp3) is 0.286. The molecule has 1 aromatic heterocycles. The van der Waals surface area contributed by atoms with Crippen LogP contribution in [0.25, 0.3) is 0 Å². The van der Waals surface area contributed by atoms with E-state index in [-0.39, 0.29) is 24.0 Å². The number of aryl methyl sites for hydroxylation is 1. The Morgan fingerprint density at radius 3 is 2.74 bits per heavy atom. The molecule has 0 aliphatic heterocycles. The van der Waals surface area contributed by atoms with Crippen molar-refractivity contribution in [1.82, 2.24) is 15.1 Å². The SMILES string of the molecule is CNC(Cn1nc(C)ccc1=O)c1ccccc1F. The molecule has 100 valence electrons. The van der Waals surface area contributed by atoms with E-state index in [1.165, 1.54) is 16.8 Å². The second kappa shape index (κ2) is 5.75. The predicted octanol–water partition coefficient (Wildman–Crippen LogP) is 1.65. The number of aromatic nitrogens is 2. The van der Waals surface area contributed by atoms with E-state index in [1.807, 2.05) is 6.92 Å². The summed E-state index contributed by atoms with van der Waals surface area (Å²) in [5.41, 5.74) is 1.09. The van der Waals surface area contributed by atoms with Gasteiger partial charge in [-0.15, -0.1) is 0 Å². The fourth-order valence-corrected chi connectivity index (χ4v) is 1.96. The van der Waals surface area contributed by atoms with Gasteiger partial charge in [0, 0.05) is 11.6 Å². The molecule has 5 heteroatoms. The van der Waals surface area contributed by atoms with Gasteiger partial charge < -0.3 is 5.32 Å². The molecule has 0 fully saturated rings. The number of hydrogen-bond donors (Lipinski definition) is 1. The number of likely N-dealkylation sites (N-methyl/N-ethyl adjacent to an activating group) is 1. The van der Waals surface area contributed by atoms with E-state index >= 15 is 0 Å². The molecule has 0 spiro atoms. The molecule has 1 N–H and O–H groups in total. The average Bonchev–Trinajstić information content (AvgIpc) is 2.41. The maximum atomic E-state index is 13.8. The summed E-state index contributed by atoms with van der Waals surface area (Å²) in [7, 11) is 1.73. The molecule has 0 aliphatic carbocycles. The molecule has 1 heterocycles. The van der Waals surface area contributed by atoms with E-state index < -0.39 is 0 Å². The van der Waals surface area contributed by atoms with Crippen LogP contribution in [0.3, 0.4) is 0 Å². The highest BCUT2D eigenvalue weighted by Crippen LogP contribution is 2.17. The van der Waals surface area contributed by atoms with Crippen LogP contribution in [-0.4, -0.2) is 16.8 Å². The lowest BCUT2D eigenvalue weighted by Gasteiger charge is -2.18.